The maximum atomic E-state index is 12.7. The highest BCUT2D eigenvalue weighted by atomic mass is 35.5. The van der Waals surface area contributed by atoms with Crippen molar-refractivity contribution in [1.29, 1.82) is 0 Å². The Morgan fingerprint density at radius 1 is 0.909 bits per heavy atom. The first kappa shape index (κ1) is 26.0. The lowest BCUT2D eigenvalue weighted by Crippen LogP contribution is -2.44. The van der Waals surface area contributed by atoms with Crippen molar-refractivity contribution in [3.8, 4) is 17.2 Å². The molecule has 0 bridgehead atoms. The van der Waals surface area contributed by atoms with Gasteiger partial charge in [0.1, 0.15) is 11.5 Å². The second-order valence-electron chi connectivity index (χ2n) is 6.07. The maximum absolute atomic E-state index is 12.7. The minimum atomic E-state index is -6.05. The summed E-state index contributed by atoms with van der Waals surface area (Å²) in [5.41, 5.74) is -2.13. The van der Waals surface area contributed by atoms with E-state index in [-0.39, 0.29) is 0 Å². The van der Waals surface area contributed by atoms with Crippen LogP contribution in [0.2, 0.25) is 5.02 Å². The number of carbonyl (C=O) groups is 1. The van der Waals surface area contributed by atoms with E-state index in [1.165, 1.54) is 0 Å². The van der Waals surface area contributed by atoms with Gasteiger partial charge >= 0.3 is 30.2 Å². The minimum absolute atomic E-state index is 0.397. The smallest absolute Gasteiger partial charge is 0.416 e. The molecule has 2 aromatic rings. The van der Waals surface area contributed by atoms with Crippen LogP contribution in [0.15, 0.2) is 36.4 Å². The van der Waals surface area contributed by atoms with E-state index in [2.05, 4.69) is 4.74 Å². The number of hydrogen-bond acceptors (Lipinski definition) is 5. The lowest BCUT2D eigenvalue weighted by molar-refractivity contribution is -0.385. The molecule has 0 saturated carbocycles. The summed E-state index contributed by atoms with van der Waals surface area (Å²) in [4.78, 5) is 21.6. The van der Waals surface area contributed by atoms with E-state index >= 15 is 0 Å². The second kappa shape index (κ2) is 8.96. The summed E-state index contributed by atoms with van der Waals surface area (Å²) in [6, 6.07) is 3.00. The van der Waals surface area contributed by atoms with Crippen molar-refractivity contribution in [3.05, 3.63) is 57.1 Å². The number of hydrogen-bond donors (Lipinski definition) is 0. The standard InChI is InChI=1S/C17H7ClF9NO5/c18-9-5-7(15(19,20)21)1-4-11(9)33-12-6-8(2-3-10(12)28(30)31)32-14(29)13(16(22,23)24)17(25,26)27/h1-6,13H. The third-order valence-corrected chi connectivity index (χ3v) is 4.01. The number of rotatable bonds is 5. The Kier molecular flexibility index (Phi) is 7.06. The summed E-state index contributed by atoms with van der Waals surface area (Å²) in [5.74, 6) is -9.78. The molecule has 33 heavy (non-hydrogen) atoms. The van der Waals surface area contributed by atoms with E-state index in [1.54, 1.807) is 0 Å². The summed E-state index contributed by atoms with van der Waals surface area (Å²) in [5, 5.41) is 10.4. The fourth-order valence-electron chi connectivity index (χ4n) is 2.30. The van der Waals surface area contributed by atoms with Gasteiger partial charge in [-0.2, -0.15) is 39.5 Å². The lowest BCUT2D eigenvalue weighted by Gasteiger charge is -2.21. The molecule has 2 rings (SSSR count). The Labute approximate surface area is 181 Å². The van der Waals surface area contributed by atoms with Crippen LogP contribution >= 0.6 is 11.6 Å². The average Bonchev–Trinajstić information content (AvgIpc) is 2.59. The average molecular weight is 512 g/mol. The molecule has 0 heterocycles. The van der Waals surface area contributed by atoms with Gasteiger partial charge in [0.2, 0.25) is 11.7 Å². The van der Waals surface area contributed by atoms with E-state index in [9.17, 15) is 54.4 Å². The number of benzene rings is 2. The van der Waals surface area contributed by atoms with Crippen molar-refractivity contribution >= 4 is 23.3 Å². The Morgan fingerprint density at radius 2 is 1.48 bits per heavy atom. The van der Waals surface area contributed by atoms with Crippen LogP contribution in [-0.2, 0) is 11.0 Å². The number of nitro groups is 1. The van der Waals surface area contributed by atoms with Gasteiger partial charge in [-0.15, -0.1) is 0 Å². The van der Waals surface area contributed by atoms with Crippen LogP contribution in [0.4, 0.5) is 45.2 Å². The number of nitro benzene ring substituents is 1. The summed E-state index contributed by atoms with van der Waals surface area (Å²) in [6.45, 7) is 0. The molecule has 16 heteroatoms. The molecule has 0 aromatic heterocycles. The number of alkyl halides is 9. The predicted molar refractivity (Wildman–Crippen MR) is 90.9 cm³/mol. The summed E-state index contributed by atoms with van der Waals surface area (Å²) < 4.78 is 123. The van der Waals surface area contributed by atoms with Crippen LogP contribution in [0.5, 0.6) is 17.2 Å². The van der Waals surface area contributed by atoms with Gasteiger partial charge in [0.25, 0.3) is 0 Å². The van der Waals surface area contributed by atoms with Gasteiger partial charge in [-0.1, -0.05) is 11.6 Å². The number of carbonyl (C=O) groups excluding carboxylic acids is 1. The van der Waals surface area contributed by atoms with Crippen molar-refractivity contribution < 1.29 is 58.7 Å². The lowest BCUT2D eigenvalue weighted by atomic mass is 10.1. The second-order valence-corrected chi connectivity index (χ2v) is 6.48. The van der Waals surface area contributed by atoms with E-state index in [0.717, 1.165) is 0 Å². The molecule has 0 fully saturated rings. The molecule has 0 N–H and O–H groups in total. The Bertz CT molecular complexity index is 1050. The van der Waals surface area contributed by atoms with Gasteiger partial charge < -0.3 is 9.47 Å². The molecule has 0 saturated heterocycles. The normalized spacial score (nSPS) is 12.6. The Balaban J connectivity index is 2.41. The first-order valence-electron chi connectivity index (χ1n) is 8.09. The highest BCUT2D eigenvalue weighted by molar-refractivity contribution is 6.32. The zero-order chi connectivity index (χ0) is 25.4. The molecule has 0 aliphatic carbocycles. The number of ether oxygens (including phenoxy) is 2. The van der Waals surface area contributed by atoms with Gasteiger partial charge in [-0.05, 0) is 24.3 Å². The zero-order valence-electron chi connectivity index (χ0n) is 15.3. The molecule has 0 amide bonds. The number of nitrogens with zero attached hydrogens (tertiary/aromatic N) is 1. The number of halogens is 10. The van der Waals surface area contributed by atoms with Gasteiger partial charge in [0.15, 0.2) is 0 Å². The topological polar surface area (TPSA) is 78.7 Å². The van der Waals surface area contributed by atoms with Crippen LogP contribution in [0.25, 0.3) is 0 Å². The summed E-state index contributed by atoms with van der Waals surface area (Å²) in [6.07, 6.45) is -16.9. The van der Waals surface area contributed by atoms with Crippen LogP contribution < -0.4 is 9.47 Å². The van der Waals surface area contributed by atoms with Crippen molar-refractivity contribution in [2.75, 3.05) is 0 Å². The molecule has 0 spiro atoms. The molecule has 0 radical (unpaired) electrons. The molecule has 0 unspecified atom stereocenters. The first-order chi connectivity index (χ1) is 14.9. The van der Waals surface area contributed by atoms with E-state index in [0.29, 0.717) is 36.4 Å². The highest BCUT2D eigenvalue weighted by Crippen LogP contribution is 2.42. The van der Waals surface area contributed by atoms with Crippen LogP contribution in [0.3, 0.4) is 0 Å². The van der Waals surface area contributed by atoms with Gasteiger partial charge in [0.05, 0.1) is 15.5 Å². The predicted octanol–water partition coefficient (Wildman–Crippen LogP) is 6.71. The SMILES string of the molecule is O=C(Oc1ccc([N+](=O)[O-])c(Oc2ccc(C(F)(F)F)cc2Cl)c1)C(C(F)(F)F)C(F)(F)F. The van der Waals surface area contributed by atoms with Gasteiger partial charge in [-0.3, -0.25) is 14.9 Å². The molecule has 0 aliphatic rings. The van der Waals surface area contributed by atoms with Gasteiger partial charge in [0, 0.05) is 12.1 Å². The molecular formula is C17H7ClF9NO5. The van der Waals surface area contributed by atoms with E-state index in [1.807, 2.05) is 0 Å². The van der Waals surface area contributed by atoms with Crippen LogP contribution in [-0.4, -0.2) is 23.2 Å². The van der Waals surface area contributed by atoms with E-state index < -0.39 is 68.9 Å². The van der Waals surface area contributed by atoms with Crippen LogP contribution in [0.1, 0.15) is 5.56 Å². The van der Waals surface area contributed by atoms with Crippen molar-refractivity contribution in [3.63, 3.8) is 0 Å². The van der Waals surface area contributed by atoms with Crippen molar-refractivity contribution in [2.24, 2.45) is 5.92 Å². The number of esters is 1. The maximum Gasteiger partial charge on any atom is 0.416 e. The third kappa shape index (κ3) is 6.40. The summed E-state index contributed by atoms with van der Waals surface area (Å²) >= 11 is 5.65. The molecule has 6 nitrogen and oxygen atoms in total. The first-order valence-corrected chi connectivity index (χ1v) is 8.47. The minimum Gasteiger partial charge on any atom is -0.448 e. The monoisotopic (exact) mass is 511 g/mol. The quantitative estimate of drug-likeness (QED) is 0.147. The fourth-order valence-corrected chi connectivity index (χ4v) is 2.52. The molecule has 0 aliphatic heterocycles. The Hall–Kier alpha value is -3.23. The van der Waals surface area contributed by atoms with E-state index in [4.69, 9.17) is 16.3 Å². The van der Waals surface area contributed by atoms with Crippen molar-refractivity contribution in [2.45, 2.75) is 18.5 Å². The molecule has 0 atom stereocenters. The Morgan fingerprint density at radius 3 is 1.94 bits per heavy atom. The fraction of sp³-hybridized carbons (Fsp3) is 0.235. The molecule has 180 valence electrons. The highest BCUT2D eigenvalue weighted by Gasteiger charge is 2.62. The summed E-state index contributed by atoms with van der Waals surface area (Å²) in [7, 11) is 0. The van der Waals surface area contributed by atoms with Crippen molar-refractivity contribution in [1.82, 2.24) is 0 Å². The van der Waals surface area contributed by atoms with Gasteiger partial charge in [-0.25, -0.2) is 0 Å². The third-order valence-electron chi connectivity index (χ3n) is 3.72. The largest absolute Gasteiger partial charge is 0.448 e. The zero-order valence-corrected chi connectivity index (χ0v) is 16.1. The molecular weight excluding hydrogens is 505 g/mol. The van der Waals surface area contributed by atoms with Crippen LogP contribution in [0, 0.1) is 16.0 Å². The molecule has 2 aromatic carbocycles.